The smallest absolute Gasteiger partial charge is 0.323 e. The first-order valence-corrected chi connectivity index (χ1v) is 9.62. The molecule has 0 spiro atoms. The number of ether oxygens (including phenoxy) is 1. The number of carbonyl (C=O) groups is 1. The van der Waals surface area contributed by atoms with Gasteiger partial charge in [-0.05, 0) is 37.5 Å². The standard InChI is InChI=1S/C8H15NO2S.C7H8O3S/c1-3-5-11-8(10)7(9)4-6-12-2;1-6-2-4-7(5-3-6)11(8,9)10/h3,7H,1,4-6,9H2,2H3;2-5H,1H3,(H,8,9,10). The Morgan fingerprint density at radius 3 is 2.43 bits per heavy atom. The van der Waals surface area contributed by atoms with Gasteiger partial charge >= 0.3 is 5.97 Å². The molecule has 0 aliphatic heterocycles. The molecule has 1 unspecified atom stereocenters. The average molecular weight is 361 g/mol. The summed E-state index contributed by atoms with van der Waals surface area (Å²) in [5, 5.41) is 0. The van der Waals surface area contributed by atoms with Crippen LogP contribution in [-0.2, 0) is 19.6 Å². The molecular formula is C15H23NO5S2. The molecule has 6 nitrogen and oxygen atoms in total. The summed E-state index contributed by atoms with van der Waals surface area (Å²) >= 11 is 1.66. The average Bonchev–Trinajstić information content (AvgIpc) is 2.50. The van der Waals surface area contributed by atoms with Crippen molar-refractivity contribution >= 4 is 27.8 Å². The topological polar surface area (TPSA) is 107 Å². The molecule has 0 aliphatic rings. The largest absolute Gasteiger partial charge is 0.460 e. The quantitative estimate of drug-likeness (QED) is 0.435. The molecule has 0 fully saturated rings. The van der Waals surface area contributed by atoms with Gasteiger partial charge in [0.1, 0.15) is 12.6 Å². The van der Waals surface area contributed by atoms with Gasteiger partial charge in [0, 0.05) is 0 Å². The van der Waals surface area contributed by atoms with Crippen molar-refractivity contribution in [2.45, 2.75) is 24.3 Å². The molecule has 0 aromatic heterocycles. The van der Waals surface area contributed by atoms with Gasteiger partial charge in [0.15, 0.2) is 0 Å². The van der Waals surface area contributed by atoms with E-state index in [2.05, 4.69) is 6.58 Å². The number of esters is 1. The maximum absolute atomic E-state index is 11.0. The molecule has 0 heterocycles. The maximum Gasteiger partial charge on any atom is 0.323 e. The Morgan fingerprint density at radius 2 is 2.00 bits per heavy atom. The van der Waals surface area contributed by atoms with Gasteiger partial charge in [-0.15, -0.1) is 0 Å². The van der Waals surface area contributed by atoms with Gasteiger partial charge in [-0.3, -0.25) is 9.35 Å². The van der Waals surface area contributed by atoms with Crippen molar-refractivity contribution in [1.29, 1.82) is 0 Å². The lowest BCUT2D eigenvalue weighted by Gasteiger charge is -2.08. The van der Waals surface area contributed by atoms with Crippen molar-refractivity contribution < 1.29 is 22.5 Å². The van der Waals surface area contributed by atoms with Crippen LogP contribution in [0.5, 0.6) is 0 Å². The molecule has 3 N–H and O–H groups in total. The number of thioether (sulfide) groups is 1. The third kappa shape index (κ3) is 10.1. The number of aryl methyl sites for hydroxylation is 1. The highest BCUT2D eigenvalue weighted by Gasteiger charge is 2.13. The minimum Gasteiger partial charge on any atom is -0.460 e. The number of nitrogens with two attached hydrogens (primary N) is 1. The zero-order valence-electron chi connectivity index (χ0n) is 13.3. The number of hydrogen-bond donors (Lipinski definition) is 2. The predicted molar refractivity (Wildman–Crippen MR) is 93.1 cm³/mol. The molecular weight excluding hydrogens is 338 g/mol. The van der Waals surface area contributed by atoms with Gasteiger partial charge in [-0.25, -0.2) is 0 Å². The summed E-state index contributed by atoms with van der Waals surface area (Å²) < 4.78 is 34.3. The van der Waals surface area contributed by atoms with Crippen molar-refractivity contribution in [2.75, 3.05) is 18.6 Å². The Bertz CT molecular complexity index is 584. The summed E-state index contributed by atoms with van der Waals surface area (Å²) in [5.41, 5.74) is 6.48. The van der Waals surface area contributed by atoms with Crippen LogP contribution in [0.25, 0.3) is 0 Å². The number of hydrogen-bond acceptors (Lipinski definition) is 6. The summed E-state index contributed by atoms with van der Waals surface area (Å²) in [6.45, 7) is 5.51. The third-order valence-corrected chi connectivity index (χ3v) is 4.11. The molecule has 8 heteroatoms. The van der Waals surface area contributed by atoms with Gasteiger partial charge in [0.25, 0.3) is 10.1 Å². The Hall–Kier alpha value is -1.35. The molecule has 0 aliphatic carbocycles. The minimum absolute atomic E-state index is 0.0666. The summed E-state index contributed by atoms with van der Waals surface area (Å²) in [4.78, 5) is 10.9. The van der Waals surface area contributed by atoms with Crippen molar-refractivity contribution in [3.05, 3.63) is 42.5 Å². The van der Waals surface area contributed by atoms with Crippen molar-refractivity contribution in [1.82, 2.24) is 0 Å². The summed E-state index contributed by atoms with van der Waals surface area (Å²) in [6.07, 6.45) is 4.16. The van der Waals surface area contributed by atoms with Crippen LogP contribution in [0.15, 0.2) is 41.8 Å². The van der Waals surface area contributed by atoms with Crippen LogP contribution in [-0.4, -0.2) is 43.6 Å². The molecule has 0 bridgehead atoms. The Kier molecular flexibility index (Phi) is 10.6. The molecule has 0 amide bonds. The summed E-state index contributed by atoms with van der Waals surface area (Å²) in [5.74, 6) is 0.536. The molecule has 23 heavy (non-hydrogen) atoms. The van der Waals surface area contributed by atoms with E-state index in [9.17, 15) is 13.2 Å². The number of rotatable bonds is 7. The fourth-order valence-corrected chi connectivity index (χ4v) is 2.29. The first kappa shape index (κ1) is 21.6. The van der Waals surface area contributed by atoms with Gasteiger partial charge in [-0.1, -0.05) is 30.4 Å². The molecule has 1 aromatic rings. The van der Waals surface area contributed by atoms with E-state index >= 15 is 0 Å². The van der Waals surface area contributed by atoms with Gasteiger partial charge in [0.2, 0.25) is 0 Å². The fraction of sp³-hybridized carbons (Fsp3) is 0.400. The van der Waals surface area contributed by atoms with Crippen molar-refractivity contribution in [3.8, 4) is 0 Å². The zero-order chi connectivity index (χ0) is 17.9. The molecule has 1 atom stereocenters. The lowest BCUT2D eigenvalue weighted by Crippen LogP contribution is -2.32. The van der Waals surface area contributed by atoms with Crippen LogP contribution < -0.4 is 5.73 Å². The monoisotopic (exact) mass is 361 g/mol. The second-order valence-corrected chi connectivity index (χ2v) is 7.00. The van der Waals surface area contributed by atoms with Crippen LogP contribution in [0.2, 0.25) is 0 Å². The number of carbonyl (C=O) groups excluding carboxylic acids is 1. The van der Waals surface area contributed by atoms with E-state index < -0.39 is 16.2 Å². The van der Waals surface area contributed by atoms with Crippen molar-refractivity contribution in [3.63, 3.8) is 0 Å². The molecule has 0 saturated heterocycles. The van der Waals surface area contributed by atoms with Crippen LogP contribution in [0.1, 0.15) is 12.0 Å². The van der Waals surface area contributed by atoms with Gasteiger partial charge < -0.3 is 10.5 Å². The lowest BCUT2D eigenvalue weighted by molar-refractivity contribution is -0.143. The maximum atomic E-state index is 11.0. The fourth-order valence-electron chi connectivity index (χ4n) is 1.32. The van der Waals surface area contributed by atoms with Crippen molar-refractivity contribution in [2.24, 2.45) is 5.73 Å². The summed E-state index contributed by atoms with van der Waals surface area (Å²) in [7, 11) is -4.02. The number of benzene rings is 1. The highest BCUT2D eigenvalue weighted by atomic mass is 32.2. The Morgan fingerprint density at radius 1 is 1.43 bits per heavy atom. The molecule has 1 aromatic carbocycles. The molecule has 130 valence electrons. The van der Waals surface area contributed by atoms with E-state index in [-0.39, 0.29) is 17.5 Å². The van der Waals surface area contributed by atoms with E-state index in [0.717, 1.165) is 11.3 Å². The highest BCUT2D eigenvalue weighted by molar-refractivity contribution is 7.98. The van der Waals surface area contributed by atoms with E-state index in [1.165, 1.54) is 18.2 Å². The van der Waals surface area contributed by atoms with Crippen LogP contribution in [0.4, 0.5) is 0 Å². The van der Waals surface area contributed by atoms with Gasteiger partial charge in [0.05, 0.1) is 4.90 Å². The Balaban J connectivity index is 0.000000422. The second kappa shape index (κ2) is 11.2. The zero-order valence-corrected chi connectivity index (χ0v) is 14.9. The normalized spacial score (nSPS) is 11.8. The molecule has 0 saturated carbocycles. The van der Waals surface area contributed by atoms with Crippen LogP contribution in [0.3, 0.4) is 0 Å². The molecule has 1 rings (SSSR count). The first-order valence-electron chi connectivity index (χ1n) is 6.78. The van der Waals surface area contributed by atoms with E-state index in [1.54, 1.807) is 23.9 Å². The predicted octanol–water partition coefficient (Wildman–Crippen LogP) is 2.04. The molecule has 0 radical (unpaired) electrons. The van der Waals surface area contributed by atoms with E-state index in [4.69, 9.17) is 15.0 Å². The van der Waals surface area contributed by atoms with E-state index in [1.807, 2.05) is 13.2 Å². The summed E-state index contributed by atoms with van der Waals surface area (Å²) in [6, 6.07) is 5.50. The third-order valence-electron chi connectivity index (χ3n) is 2.60. The lowest BCUT2D eigenvalue weighted by atomic mass is 10.2. The highest BCUT2D eigenvalue weighted by Crippen LogP contribution is 2.08. The minimum atomic E-state index is -4.02. The van der Waals surface area contributed by atoms with E-state index in [0.29, 0.717) is 6.42 Å². The second-order valence-electron chi connectivity index (χ2n) is 4.59. The Labute approximate surface area is 141 Å². The van der Waals surface area contributed by atoms with Gasteiger partial charge in [-0.2, -0.15) is 20.2 Å². The first-order chi connectivity index (χ1) is 10.7. The van der Waals surface area contributed by atoms with Crippen LogP contribution in [0, 0.1) is 6.92 Å². The SMILES string of the molecule is C=CCOC(=O)C(N)CCSC.Cc1ccc(S(=O)(=O)O)cc1. The van der Waals surface area contributed by atoms with Crippen LogP contribution >= 0.6 is 11.8 Å².